The lowest BCUT2D eigenvalue weighted by Gasteiger charge is -2.17. The van der Waals surface area contributed by atoms with Crippen LogP contribution in [0.3, 0.4) is 0 Å². The van der Waals surface area contributed by atoms with Gasteiger partial charge in [-0.15, -0.1) is 23.5 Å². The van der Waals surface area contributed by atoms with Crippen molar-refractivity contribution >= 4 is 35.1 Å². The van der Waals surface area contributed by atoms with Crippen molar-refractivity contribution in [3.05, 3.63) is 40.1 Å². The van der Waals surface area contributed by atoms with Gasteiger partial charge in [-0.25, -0.2) is 4.79 Å². The van der Waals surface area contributed by atoms with Gasteiger partial charge in [0.1, 0.15) is 0 Å². The summed E-state index contributed by atoms with van der Waals surface area (Å²) in [5.41, 5.74) is 1.68. The first-order valence-corrected chi connectivity index (χ1v) is 8.02. The number of benzene rings is 1. The van der Waals surface area contributed by atoms with Crippen LogP contribution in [-0.2, 0) is 9.53 Å². The van der Waals surface area contributed by atoms with Gasteiger partial charge in [-0.1, -0.05) is 30.3 Å². The Labute approximate surface area is 116 Å². The van der Waals surface area contributed by atoms with Crippen LogP contribution in [0.15, 0.2) is 34.6 Å². The summed E-state index contributed by atoms with van der Waals surface area (Å²) in [5, 5.41) is 0. The summed E-state index contributed by atoms with van der Waals surface area (Å²) in [6.07, 6.45) is 1.20. The second-order valence-corrected chi connectivity index (χ2v) is 6.27. The van der Waals surface area contributed by atoms with Gasteiger partial charge in [-0.05, 0) is 30.4 Å². The van der Waals surface area contributed by atoms with Gasteiger partial charge in [0.05, 0.1) is 16.4 Å². The van der Waals surface area contributed by atoms with Gasteiger partial charge >= 0.3 is 5.97 Å². The molecule has 96 valence electrons. The third-order valence-electron chi connectivity index (χ3n) is 2.50. The van der Waals surface area contributed by atoms with Crippen molar-refractivity contribution in [2.75, 3.05) is 18.1 Å². The molecule has 0 saturated carbocycles. The highest BCUT2D eigenvalue weighted by atomic mass is 32.2. The molecule has 1 aliphatic rings. The average Bonchev–Trinajstić information content (AvgIpc) is 2.42. The standard InChI is InChI=1S/C14H16O2S2/c1-2-16-13(15)12(11-7-4-3-5-8-11)14-17-9-6-10-18-14/h3-5,7-8H,2,6,9-10H2,1H3. The van der Waals surface area contributed by atoms with E-state index in [0.29, 0.717) is 6.61 Å². The van der Waals surface area contributed by atoms with Crippen LogP contribution < -0.4 is 0 Å². The highest BCUT2D eigenvalue weighted by Gasteiger charge is 2.21. The first-order valence-electron chi connectivity index (χ1n) is 6.05. The van der Waals surface area contributed by atoms with E-state index in [-0.39, 0.29) is 5.97 Å². The molecule has 1 fully saturated rings. The SMILES string of the molecule is CCOC(=O)C(=C1SCCCS1)c1ccccc1. The van der Waals surface area contributed by atoms with Gasteiger partial charge in [0.25, 0.3) is 0 Å². The molecular formula is C14H16O2S2. The molecule has 18 heavy (non-hydrogen) atoms. The van der Waals surface area contributed by atoms with Gasteiger partial charge in [-0.2, -0.15) is 0 Å². The Morgan fingerprint density at radius 1 is 1.22 bits per heavy atom. The molecule has 0 spiro atoms. The van der Waals surface area contributed by atoms with Crippen LogP contribution in [0.1, 0.15) is 18.9 Å². The molecule has 1 aromatic rings. The highest BCUT2D eigenvalue weighted by molar-refractivity contribution is 8.23. The van der Waals surface area contributed by atoms with Crippen molar-refractivity contribution in [2.45, 2.75) is 13.3 Å². The van der Waals surface area contributed by atoms with E-state index in [1.165, 1.54) is 6.42 Å². The number of thioether (sulfide) groups is 2. The zero-order valence-corrected chi connectivity index (χ0v) is 12.0. The van der Waals surface area contributed by atoms with Crippen LogP contribution in [0.4, 0.5) is 0 Å². The number of carbonyl (C=O) groups is 1. The minimum absolute atomic E-state index is 0.208. The van der Waals surface area contributed by atoms with Crippen molar-refractivity contribution in [3.8, 4) is 0 Å². The fourth-order valence-electron chi connectivity index (χ4n) is 1.70. The number of hydrogen-bond acceptors (Lipinski definition) is 4. The van der Waals surface area contributed by atoms with Crippen molar-refractivity contribution in [1.29, 1.82) is 0 Å². The van der Waals surface area contributed by atoms with Gasteiger partial charge in [0.2, 0.25) is 0 Å². The van der Waals surface area contributed by atoms with Gasteiger partial charge in [-0.3, -0.25) is 0 Å². The Bertz CT molecular complexity index is 432. The predicted molar refractivity (Wildman–Crippen MR) is 79.5 cm³/mol. The van der Waals surface area contributed by atoms with Crippen LogP contribution in [0.5, 0.6) is 0 Å². The molecule has 2 nitrogen and oxygen atoms in total. The van der Waals surface area contributed by atoms with E-state index in [1.807, 2.05) is 37.3 Å². The zero-order valence-electron chi connectivity index (χ0n) is 10.3. The minimum atomic E-state index is -0.208. The van der Waals surface area contributed by atoms with Crippen molar-refractivity contribution < 1.29 is 9.53 Å². The monoisotopic (exact) mass is 280 g/mol. The molecule has 1 aliphatic heterocycles. The third-order valence-corrected chi connectivity index (χ3v) is 5.13. The quantitative estimate of drug-likeness (QED) is 0.621. The smallest absolute Gasteiger partial charge is 0.340 e. The summed E-state index contributed by atoms with van der Waals surface area (Å²) >= 11 is 3.52. The Morgan fingerprint density at radius 2 is 1.89 bits per heavy atom. The van der Waals surface area contributed by atoms with Gasteiger partial charge in [0.15, 0.2) is 0 Å². The lowest BCUT2D eigenvalue weighted by molar-refractivity contribution is -0.136. The first-order chi connectivity index (χ1) is 8.83. The maximum atomic E-state index is 12.1. The molecule has 0 aromatic heterocycles. The van der Waals surface area contributed by atoms with E-state index >= 15 is 0 Å². The van der Waals surface area contributed by atoms with E-state index < -0.39 is 0 Å². The lowest BCUT2D eigenvalue weighted by atomic mass is 10.1. The summed E-state index contributed by atoms with van der Waals surface area (Å²) < 4.78 is 6.29. The molecule has 0 unspecified atom stereocenters. The summed E-state index contributed by atoms with van der Waals surface area (Å²) in [6, 6.07) is 9.79. The maximum Gasteiger partial charge on any atom is 0.340 e. The third kappa shape index (κ3) is 3.33. The van der Waals surface area contributed by atoms with Crippen molar-refractivity contribution in [1.82, 2.24) is 0 Å². The van der Waals surface area contributed by atoms with Crippen molar-refractivity contribution in [3.63, 3.8) is 0 Å². The molecule has 0 N–H and O–H groups in total. The zero-order chi connectivity index (χ0) is 12.8. The number of carbonyl (C=O) groups excluding carboxylic acids is 1. The van der Waals surface area contributed by atoms with Crippen LogP contribution in [0, 0.1) is 0 Å². The van der Waals surface area contributed by atoms with E-state index in [2.05, 4.69) is 0 Å². The number of esters is 1. The molecule has 1 saturated heterocycles. The Morgan fingerprint density at radius 3 is 2.50 bits per heavy atom. The van der Waals surface area contributed by atoms with E-state index in [0.717, 1.165) is 26.9 Å². The molecule has 4 heteroatoms. The number of ether oxygens (including phenoxy) is 1. The summed E-state index contributed by atoms with van der Waals surface area (Å²) in [5.74, 6) is 1.96. The fourth-order valence-corrected chi connectivity index (χ4v) is 4.36. The average molecular weight is 280 g/mol. The van der Waals surface area contributed by atoms with Crippen LogP contribution in [0.2, 0.25) is 0 Å². The first kappa shape index (κ1) is 13.6. The van der Waals surface area contributed by atoms with E-state index in [4.69, 9.17) is 4.74 Å². The molecule has 1 heterocycles. The Balaban J connectivity index is 2.37. The Hall–Kier alpha value is -0.870. The van der Waals surface area contributed by atoms with E-state index in [1.54, 1.807) is 23.5 Å². The number of hydrogen-bond donors (Lipinski definition) is 0. The largest absolute Gasteiger partial charge is 0.462 e. The topological polar surface area (TPSA) is 26.3 Å². The van der Waals surface area contributed by atoms with Crippen molar-refractivity contribution in [2.24, 2.45) is 0 Å². The second kappa shape index (κ2) is 6.90. The Kier molecular flexibility index (Phi) is 5.20. The lowest BCUT2D eigenvalue weighted by Crippen LogP contribution is -2.09. The summed E-state index contributed by atoms with van der Waals surface area (Å²) in [4.78, 5) is 12.1. The maximum absolute atomic E-state index is 12.1. The summed E-state index contributed by atoms with van der Waals surface area (Å²) in [7, 11) is 0. The van der Waals surface area contributed by atoms with E-state index in [9.17, 15) is 4.79 Å². The summed E-state index contributed by atoms with van der Waals surface area (Å²) in [6.45, 7) is 2.25. The normalized spacial score (nSPS) is 15.3. The predicted octanol–water partition coefficient (Wildman–Crippen LogP) is 3.79. The molecule has 1 aromatic carbocycles. The highest BCUT2D eigenvalue weighted by Crippen LogP contribution is 2.40. The fraction of sp³-hybridized carbons (Fsp3) is 0.357. The van der Waals surface area contributed by atoms with Crippen LogP contribution in [0.25, 0.3) is 5.57 Å². The van der Waals surface area contributed by atoms with Crippen LogP contribution >= 0.6 is 23.5 Å². The van der Waals surface area contributed by atoms with Gasteiger partial charge < -0.3 is 4.74 Å². The second-order valence-electron chi connectivity index (χ2n) is 3.80. The molecule has 0 atom stereocenters. The molecule has 0 radical (unpaired) electrons. The molecule has 2 rings (SSSR count). The molecular weight excluding hydrogens is 264 g/mol. The molecule has 0 bridgehead atoms. The van der Waals surface area contributed by atoms with Crippen LogP contribution in [-0.4, -0.2) is 24.1 Å². The van der Waals surface area contributed by atoms with Gasteiger partial charge in [0, 0.05) is 0 Å². The minimum Gasteiger partial charge on any atom is -0.462 e. The number of rotatable bonds is 3. The molecule has 0 aliphatic carbocycles. The molecule has 0 amide bonds.